The number of thiazole rings is 1. The zero-order valence-electron chi connectivity index (χ0n) is 9.38. The number of rotatable bonds is 3. The van der Waals surface area contributed by atoms with Gasteiger partial charge in [-0.05, 0) is 0 Å². The van der Waals surface area contributed by atoms with Crippen LogP contribution in [0.4, 0.5) is 5.13 Å². The van der Waals surface area contributed by atoms with Crippen molar-refractivity contribution in [3.8, 4) is 5.88 Å². The van der Waals surface area contributed by atoms with E-state index in [1.165, 1.54) is 22.6 Å². The molecule has 17 heavy (non-hydrogen) atoms. The molecule has 2 N–H and O–H groups in total. The SMILES string of the molecule is CN(C)C(=O)COc1ncnc2sc(N)nc12. The summed E-state index contributed by atoms with van der Waals surface area (Å²) in [5.74, 6) is 0.123. The molecule has 0 spiro atoms. The number of anilines is 1. The molecule has 2 aromatic heterocycles. The predicted octanol–water partition coefficient (Wildman–Crippen LogP) is 0.135. The average molecular weight is 253 g/mol. The Hall–Kier alpha value is -1.96. The molecule has 7 nitrogen and oxygen atoms in total. The minimum absolute atomic E-state index is 0.0868. The summed E-state index contributed by atoms with van der Waals surface area (Å²) < 4.78 is 5.30. The maximum Gasteiger partial charge on any atom is 0.260 e. The van der Waals surface area contributed by atoms with Gasteiger partial charge in [0, 0.05) is 14.1 Å². The Bertz CT molecular complexity index is 553. The van der Waals surface area contributed by atoms with E-state index in [9.17, 15) is 4.79 Å². The number of nitrogens with zero attached hydrogens (tertiary/aromatic N) is 4. The summed E-state index contributed by atoms with van der Waals surface area (Å²) in [6.07, 6.45) is 1.36. The summed E-state index contributed by atoms with van der Waals surface area (Å²) >= 11 is 1.25. The van der Waals surface area contributed by atoms with Crippen LogP contribution in [0.2, 0.25) is 0 Å². The van der Waals surface area contributed by atoms with Crippen LogP contribution in [0.1, 0.15) is 0 Å². The van der Waals surface area contributed by atoms with Gasteiger partial charge in [-0.3, -0.25) is 4.79 Å². The molecule has 0 aromatic carbocycles. The summed E-state index contributed by atoms with van der Waals surface area (Å²) in [6, 6.07) is 0. The molecule has 0 unspecified atom stereocenters. The van der Waals surface area contributed by atoms with E-state index in [4.69, 9.17) is 10.5 Å². The Kier molecular flexibility index (Phi) is 3.05. The highest BCUT2D eigenvalue weighted by atomic mass is 32.1. The van der Waals surface area contributed by atoms with Crippen LogP contribution in [0.5, 0.6) is 5.88 Å². The standard InChI is InChI=1S/C9H11N5O2S/c1-14(2)5(15)3-16-7-6-8(12-4-11-7)17-9(10)13-6/h4H,3H2,1-2H3,(H2,10,13). The highest BCUT2D eigenvalue weighted by Gasteiger charge is 2.12. The molecule has 90 valence electrons. The van der Waals surface area contributed by atoms with E-state index in [-0.39, 0.29) is 18.4 Å². The summed E-state index contributed by atoms with van der Waals surface area (Å²) in [5.41, 5.74) is 6.06. The fourth-order valence-electron chi connectivity index (χ4n) is 1.11. The van der Waals surface area contributed by atoms with Gasteiger partial charge in [0.25, 0.3) is 5.91 Å². The van der Waals surface area contributed by atoms with Gasteiger partial charge in [0.15, 0.2) is 22.1 Å². The van der Waals surface area contributed by atoms with Gasteiger partial charge >= 0.3 is 0 Å². The first kappa shape index (κ1) is 11.5. The van der Waals surface area contributed by atoms with Gasteiger partial charge in [-0.15, -0.1) is 0 Å². The predicted molar refractivity (Wildman–Crippen MR) is 63.8 cm³/mol. The molecular formula is C9H11N5O2S. The molecule has 0 saturated heterocycles. The number of amides is 1. The molecule has 2 rings (SSSR count). The molecule has 0 radical (unpaired) electrons. The number of hydrogen-bond acceptors (Lipinski definition) is 7. The van der Waals surface area contributed by atoms with Gasteiger partial charge in [-0.1, -0.05) is 11.3 Å². The van der Waals surface area contributed by atoms with E-state index in [0.717, 1.165) is 0 Å². The lowest BCUT2D eigenvalue weighted by Crippen LogP contribution is -2.27. The molecule has 8 heteroatoms. The highest BCUT2D eigenvalue weighted by Crippen LogP contribution is 2.26. The normalized spacial score (nSPS) is 10.5. The monoisotopic (exact) mass is 253 g/mol. The first-order chi connectivity index (χ1) is 8.08. The van der Waals surface area contributed by atoms with Crippen molar-refractivity contribution in [1.82, 2.24) is 19.9 Å². The number of likely N-dealkylation sites (N-methyl/N-ethyl adjacent to an activating group) is 1. The molecule has 0 aliphatic rings. The number of fused-ring (bicyclic) bond motifs is 1. The Balaban J connectivity index is 2.21. The number of carbonyl (C=O) groups is 1. The number of nitrogen functional groups attached to an aromatic ring is 1. The fourth-order valence-corrected chi connectivity index (χ4v) is 1.78. The molecule has 0 atom stereocenters. The maximum absolute atomic E-state index is 11.4. The van der Waals surface area contributed by atoms with Gasteiger partial charge in [-0.25, -0.2) is 9.97 Å². The van der Waals surface area contributed by atoms with E-state index < -0.39 is 0 Å². The van der Waals surface area contributed by atoms with E-state index in [0.29, 0.717) is 15.5 Å². The van der Waals surface area contributed by atoms with Crippen LogP contribution in [-0.4, -0.2) is 46.5 Å². The van der Waals surface area contributed by atoms with Crippen molar-refractivity contribution >= 4 is 32.7 Å². The van der Waals surface area contributed by atoms with Crippen LogP contribution in [0.15, 0.2) is 6.33 Å². The van der Waals surface area contributed by atoms with Gasteiger partial charge in [0.2, 0.25) is 5.88 Å². The largest absolute Gasteiger partial charge is 0.466 e. The number of hydrogen-bond donors (Lipinski definition) is 1. The van der Waals surface area contributed by atoms with E-state index in [1.54, 1.807) is 14.1 Å². The lowest BCUT2D eigenvalue weighted by molar-refractivity contribution is -0.130. The Morgan fingerprint density at radius 1 is 1.53 bits per heavy atom. The average Bonchev–Trinajstić information content (AvgIpc) is 2.66. The van der Waals surface area contributed by atoms with Crippen molar-refractivity contribution in [3.63, 3.8) is 0 Å². The topological polar surface area (TPSA) is 94.2 Å². The molecule has 2 aromatic rings. The summed E-state index contributed by atoms with van der Waals surface area (Å²) in [6.45, 7) is -0.0868. The zero-order chi connectivity index (χ0) is 12.4. The minimum Gasteiger partial charge on any atom is -0.466 e. The van der Waals surface area contributed by atoms with Crippen molar-refractivity contribution in [3.05, 3.63) is 6.33 Å². The Labute approximate surface area is 101 Å². The first-order valence-corrected chi connectivity index (χ1v) is 5.59. The van der Waals surface area contributed by atoms with Crippen molar-refractivity contribution in [2.75, 3.05) is 26.4 Å². The molecule has 0 bridgehead atoms. The Morgan fingerprint density at radius 2 is 2.29 bits per heavy atom. The third kappa shape index (κ3) is 2.41. The van der Waals surface area contributed by atoms with Crippen molar-refractivity contribution in [2.24, 2.45) is 0 Å². The zero-order valence-corrected chi connectivity index (χ0v) is 10.2. The lowest BCUT2D eigenvalue weighted by atomic mass is 10.5. The molecule has 0 saturated carbocycles. The van der Waals surface area contributed by atoms with E-state index in [1.807, 2.05) is 0 Å². The highest BCUT2D eigenvalue weighted by molar-refractivity contribution is 7.21. The van der Waals surface area contributed by atoms with Crippen molar-refractivity contribution < 1.29 is 9.53 Å². The van der Waals surface area contributed by atoms with Crippen LogP contribution >= 0.6 is 11.3 Å². The number of nitrogens with two attached hydrogens (primary N) is 1. The van der Waals surface area contributed by atoms with Crippen LogP contribution < -0.4 is 10.5 Å². The maximum atomic E-state index is 11.4. The second kappa shape index (κ2) is 4.50. The molecule has 2 heterocycles. The lowest BCUT2D eigenvalue weighted by Gasteiger charge is -2.10. The van der Waals surface area contributed by atoms with Gasteiger partial charge in [0.05, 0.1) is 0 Å². The second-order valence-corrected chi connectivity index (χ2v) is 4.47. The molecular weight excluding hydrogens is 242 g/mol. The Morgan fingerprint density at radius 3 is 3.00 bits per heavy atom. The quantitative estimate of drug-likeness (QED) is 0.835. The molecule has 0 fully saturated rings. The summed E-state index contributed by atoms with van der Waals surface area (Å²) in [7, 11) is 3.31. The summed E-state index contributed by atoms with van der Waals surface area (Å²) in [4.78, 5) is 25.5. The van der Waals surface area contributed by atoms with Crippen LogP contribution in [0, 0.1) is 0 Å². The van der Waals surface area contributed by atoms with Gasteiger partial charge < -0.3 is 15.4 Å². The summed E-state index contributed by atoms with van der Waals surface area (Å²) in [5, 5.41) is 0.393. The second-order valence-electron chi connectivity index (χ2n) is 3.46. The third-order valence-corrected chi connectivity index (χ3v) is 2.80. The van der Waals surface area contributed by atoms with Gasteiger partial charge in [0.1, 0.15) is 6.33 Å². The number of aromatic nitrogens is 3. The van der Waals surface area contributed by atoms with Crippen molar-refractivity contribution in [1.29, 1.82) is 0 Å². The first-order valence-electron chi connectivity index (χ1n) is 4.78. The third-order valence-electron chi connectivity index (χ3n) is 2.01. The van der Waals surface area contributed by atoms with Gasteiger partial charge in [-0.2, -0.15) is 4.98 Å². The van der Waals surface area contributed by atoms with E-state index in [2.05, 4.69) is 15.0 Å². The van der Waals surface area contributed by atoms with Crippen molar-refractivity contribution in [2.45, 2.75) is 0 Å². The molecule has 0 aliphatic carbocycles. The number of carbonyl (C=O) groups excluding carboxylic acids is 1. The van der Waals surface area contributed by atoms with Crippen LogP contribution in [0.25, 0.3) is 10.3 Å². The van der Waals surface area contributed by atoms with E-state index >= 15 is 0 Å². The minimum atomic E-state index is -0.153. The number of ether oxygens (including phenoxy) is 1. The van der Waals surface area contributed by atoms with Crippen LogP contribution in [0.3, 0.4) is 0 Å². The fraction of sp³-hybridized carbons (Fsp3) is 0.333. The molecule has 1 amide bonds. The molecule has 0 aliphatic heterocycles. The smallest absolute Gasteiger partial charge is 0.260 e. The van der Waals surface area contributed by atoms with Crippen LogP contribution in [-0.2, 0) is 4.79 Å².